The first kappa shape index (κ1) is 9.79. The highest BCUT2D eigenvalue weighted by atomic mass is 32.1. The second kappa shape index (κ2) is 3.78. The van der Waals surface area contributed by atoms with Crippen molar-refractivity contribution in [2.24, 2.45) is 0 Å². The van der Waals surface area contributed by atoms with Crippen LogP contribution in [0, 0.1) is 0 Å². The predicted molar refractivity (Wildman–Crippen MR) is 56.3 cm³/mol. The SMILES string of the molecule is COC(=O)c1cc(C=O)c2ccsc2n1. The number of carbonyl (C=O) groups is 2. The molecule has 2 aromatic rings. The minimum Gasteiger partial charge on any atom is -0.464 e. The van der Waals surface area contributed by atoms with Crippen LogP contribution in [0.25, 0.3) is 10.2 Å². The third-order valence-corrected chi connectivity index (χ3v) is 2.80. The Morgan fingerprint density at radius 2 is 2.40 bits per heavy atom. The first-order valence-electron chi connectivity index (χ1n) is 4.18. The number of thiophene rings is 1. The Hall–Kier alpha value is -1.75. The molecule has 0 fully saturated rings. The molecule has 0 atom stereocenters. The predicted octanol–water partition coefficient (Wildman–Crippen LogP) is 1.90. The van der Waals surface area contributed by atoms with Gasteiger partial charge in [0, 0.05) is 10.9 Å². The van der Waals surface area contributed by atoms with E-state index in [-0.39, 0.29) is 5.69 Å². The van der Waals surface area contributed by atoms with Gasteiger partial charge in [-0.2, -0.15) is 0 Å². The minimum atomic E-state index is -0.534. The van der Waals surface area contributed by atoms with Gasteiger partial charge in [-0.25, -0.2) is 9.78 Å². The van der Waals surface area contributed by atoms with Gasteiger partial charge in [-0.05, 0) is 17.5 Å². The Morgan fingerprint density at radius 1 is 1.60 bits per heavy atom. The van der Waals surface area contributed by atoms with Crippen LogP contribution in [-0.2, 0) is 4.74 Å². The molecule has 2 rings (SSSR count). The fourth-order valence-corrected chi connectivity index (χ4v) is 2.08. The Bertz CT molecular complexity index is 532. The number of nitrogens with zero attached hydrogens (tertiary/aromatic N) is 1. The summed E-state index contributed by atoms with van der Waals surface area (Å²) in [4.78, 5) is 26.8. The van der Waals surface area contributed by atoms with Crippen molar-refractivity contribution in [3.63, 3.8) is 0 Å². The molecule has 2 heterocycles. The van der Waals surface area contributed by atoms with Gasteiger partial charge in [0.1, 0.15) is 4.83 Å². The maximum absolute atomic E-state index is 11.3. The quantitative estimate of drug-likeness (QED) is 0.574. The van der Waals surface area contributed by atoms with Crippen LogP contribution in [-0.4, -0.2) is 24.3 Å². The zero-order chi connectivity index (χ0) is 10.8. The summed E-state index contributed by atoms with van der Waals surface area (Å²) in [5.74, 6) is -0.534. The van der Waals surface area contributed by atoms with E-state index < -0.39 is 5.97 Å². The number of rotatable bonds is 2. The van der Waals surface area contributed by atoms with Crippen LogP contribution in [0.4, 0.5) is 0 Å². The Balaban J connectivity index is 2.68. The highest BCUT2D eigenvalue weighted by Gasteiger charge is 2.12. The van der Waals surface area contributed by atoms with Gasteiger partial charge in [0.05, 0.1) is 7.11 Å². The van der Waals surface area contributed by atoms with Gasteiger partial charge in [-0.15, -0.1) is 11.3 Å². The number of pyridine rings is 1. The number of methoxy groups -OCH3 is 1. The number of aldehydes is 1. The van der Waals surface area contributed by atoms with Crippen molar-refractivity contribution in [3.05, 3.63) is 28.8 Å². The van der Waals surface area contributed by atoms with E-state index in [9.17, 15) is 9.59 Å². The summed E-state index contributed by atoms with van der Waals surface area (Å²) in [6, 6.07) is 3.24. The van der Waals surface area contributed by atoms with Crippen molar-refractivity contribution in [2.75, 3.05) is 7.11 Å². The summed E-state index contributed by atoms with van der Waals surface area (Å²) in [5, 5.41) is 2.59. The van der Waals surface area contributed by atoms with Crippen molar-refractivity contribution >= 4 is 33.8 Å². The number of fused-ring (bicyclic) bond motifs is 1. The van der Waals surface area contributed by atoms with Gasteiger partial charge in [0.2, 0.25) is 0 Å². The molecule has 0 aliphatic carbocycles. The fraction of sp³-hybridized carbons (Fsp3) is 0.100. The van der Waals surface area contributed by atoms with E-state index >= 15 is 0 Å². The van der Waals surface area contributed by atoms with Crippen molar-refractivity contribution < 1.29 is 14.3 Å². The van der Waals surface area contributed by atoms with Crippen LogP contribution >= 0.6 is 11.3 Å². The van der Waals surface area contributed by atoms with E-state index in [1.165, 1.54) is 24.5 Å². The number of esters is 1. The molecule has 0 amide bonds. The van der Waals surface area contributed by atoms with E-state index in [1.807, 2.05) is 5.38 Å². The summed E-state index contributed by atoms with van der Waals surface area (Å²) in [5.41, 5.74) is 0.621. The van der Waals surface area contributed by atoms with Crippen LogP contribution in [0.5, 0.6) is 0 Å². The molecule has 0 bridgehead atoms. The van der Waals surface area contributed by atoms with Gasteiger partial charge in [0.25, 0.3) is 0 Å². The monoisotopic (exact) mass is 221 g/mol. The van der Waals surface area contributed by atoms with Gasteiger partial charge >= 0.3 is 5.97 Å². The van der Waals surface area contributed by atoms with Crippen molar-refractivity contribution in [2.45, 2.75) is 0 Å². The van der Waals surface area contributed by atoms with Crippen LogP contribution in [0.3, 0.4) is 0 Å². The van der Waals surface area contributed by atoms with Gasteiger partial charge in [-0.3, -0.25) is 4.79 Å². The normalized spacial score (nSPS) is 10.2. The number of aromatic nitrogens is 1. The number of ether oxygens (including phenoxy) is 1. The second-order valence-electron chi connectivity index (χ2n) is 2.85. The highest BCUT2D eigenvalue weighted by Crippen LogP contribution is 2.22. The van der Waals surface area contributed by atoms with E-state index in [2.05, 4.69) is 9.72 Å². The molecule has 0 unspecified atom stereocenters. The smallest absolute Gasteiger partial charge is 0.356 e. The summed E-state index contributed by atoms with van der Waals surface area (Å²) in [6.07, 6.45) is 0.711. The maximum Gasteiger partial charge on any atom is 0.356 e. The molecular weight excluding hydrogens is 214 g/mol. The molecule has 0 N–H and O–H groups in total. The fourth-order valence-electron chi connectivity index (χ4n) is 1.28. The minimum absolute atomic E-state index is 0.162. The van der Waals surface area contributed by atoms with Gasteiger partial charge in [0.15, 0.2) is 12.0 Å². The molecule has 15 heavy (non-hydrogen) atoms. The standard InChI is InChI=1S/C10H7NO3S/c1-14-10(13)8-4-6(5-12)7-2-3-15-9(7)11-8/h2-5H,1H3. The number of carbonyl (C=O) groups excluding carboxylic acids is 2. The Labute approximate surface area is 89.5 Å². The molecule has 0 saturated carbocycles. The lowest BCUT2D eigenvalue weighted by molar-refractivity contribution is 0.0594. The molecular formula is C10H7NO3S. The van der Waals surface area contributed by atoms with E-state index in [1.54, 1.807) is 6.07 Å². The second-order valence-corrected chi connectivity index (χ2v) is 3.74. The van der Waals surface area contributed by atoms with E-state index in [4.69, 9.17) is 0 Å². The Kier molecular flexibility index (Phi) is 2.47. The van der Waals surface area contributed by atoms with Gasteiger partial charge < -0.3 is 4.74 Å². The highest BCUT2D eigenvalue weighted by molar-refractivity contribution is 7.16. The molecule has 0 aliphatic heterocycles. The molecule has 5 heteroatoms. The Morgan fingerprint density at radius 3 is 3.07 bits per heavy atom. The number of hydrogen-bond donors (Lipinski definition) is 0. The average molecular weight is 221 g/mol. The largest absolute Gasteiger partial charge is 0.464 e. The van der Waals surface area contributed by atoms with E-state index in [0.717, 1.165) is 5.39 Å². The zero-order valence-electron chi connectivity index (χ0n) is 7.89. The first-order valence-corrected chi connectivity index (χ1v) is 5.06. The third kappa shape index (κ3) is 1.61. The van der Waals surface area contributed by atoms with Crippen molar-refractivity contribution in [1.82, 2.24) is 4.98 Å². The molecule has 2 aromatic heterocycles. The first-order chi connectivity index (χ1) is 7.26. The van der Waals surface area contributed by atoms with Crippen molar-refractivity contribution in [1.29, 1.82) is 0 Å². The lowest BCUT2D eigenvalue weighted by Crippen LogP contribution is -2.04. The average Bonchev–Trinajstić information content (AvgIpc) is 2.74. The van der Waals surface area contributed by atoms with Crippen LogP contribution in [0.2, 0.25) is 0 Å². The molecule has 76 valence electrons. The summed E-state index contributed by atoms with van der Waals surface area (Å²) >= 11 is 1.38. The summed E-state index contributed by atoms with van der Waals surface area (Å²) < 4.78 is 4.55. The van der Waals surface area contributed by atoms with Crippen LogP contribution in [0.1, 0.15) is 20.8 Å². The van der Waals surface area contributed by atoms with E-state index in [0.29, 0.717) is 16.7 Å². The molecule has 0 aliphatic rings. The summed E-state index contributed by atoms with van der Waals surface area (Å²) in [7, 11) is 1.28. The van der Waals surface area contributed by atoms with Crippen LogP contribution in [0.15, 0.2) is 17.5 Å². The third-order valence-electron chi connectivity index (χ3n) is 1.99. The maximum atomic E-state index is 11.3. The molecule has 0 aromatic carbocycles. The molecule has 0 spiro atoms. The molecule has 0 radical (unpaired) electrons. The lowest BCUT2D eigenvalue weighted by atomic mass is 10.2. The number of hydrogen-bond acceptors (Lipinski definition) is 5. The lowest BCUT2D eigenvalue weighted by Gasteiger charge is -2.00. The zero-order valence-corrected chi connectivity index (χ0v) is 8.71. The topological polar surface area (TPSA) is 56.3 Å². The van der Waals surface area contributed by atoms with Crippen LogP contribution < -0.4 is 0 Å². The van der Waals surface area contributed by atoms with Gasteiger partial charge in [-0.1, -0.05) is 0 Å². The summed E-state index contributed by atoms with van der Waals surface area (Å²) in [6.45, 7) is 0. The molecule has 0 saturated heterocycles. The molecule has 4 nitrogen and oxygen atoms in total. The van der Waals surface area contributed by atoms with Crippen molar-refractivity contribution in [3.8, 4) is 0 Å².